The third kappa shape index (κ3) is 3.45. The van der Waals surface area contributed by atoms with Crippen molar-refractivity contribution in [2.75, 3.05) is 11.9 Å². The van der Waals surface area contributed by atoms with Crippen molar-refractivity contribution in [1.29, 1.82) is 0 Å². The van der Waals surface area contributed by atoms with E-state index in [4.69, 9.17) is 4.74 Å². The zero-order valence-corrected chi connectivity index (χ0v) is 16.1. The molecule has 2 aliphatic heterocycles. The van der Waals surface area contributed by atoms with Gasteiger partial charge in [0.05, 0.1) is 5.56 Å². The minimum absolute atomic E-state index is 0.143. The third-order valence-corrected chi connectivity index (χ3v) is 5.80. The molecule has 2 N–H and O–H groups in total. The third-order valence-electron chi connectivity index (χ3n) is 5.11. The summed E-state index contributed by atoms with van der Waals surface area (Å²) in [7, 11) is 0. The summed E-state index contributed by atoms with van der Waals surface area (Å²) < 4.78 is 6.11. The number of amides is 3. The first kappa shape index (κ1) is 18.4. The normalized spacial score (nSPS) is 22.7. The Labute approximate surface area is 165 Å². The van der Waals surface area contributed by atoms with Crippen molar-refractivity contribution in [1.82, 2.24) is 15.2 Å². The van der Waals surface area contributed by atoms with Crippen molar-refractivity contribution in [3.8, 4) is 5.75 Å². The summed E-state index contributed by atoms with van der Waals surface area (Å²) >= 11 is 1.32. The highest BCUT2D eigenvalue weighted by Gasteiger charge is 2.43. The Hall–Kier alpha value is -2.94. The fourth-order valence-corrected chi connectivity index (χ4v) is 4.06. The van der Waals surface area contributed by atoms with Crippen molar-refractivity contribution < 1.29 is 19.1 Å². The molecule has 1 aromatic carbocycles. The van der Waals surface area contributed by atoms with Crippen LogP contribution in [0.2, 0.25) is 0 Å². The number of carbonyl (C=O) groups excluding carboxylic acids is 3. The minimum Gasteiger partial charge on any atom is -0.467 e. The summed E-state index contributed by atoms with van der Waals surface area (Å²) in [5.41, 5.74) is -0.460. The van der Waals surface area contributed by atoms with Crippen LogP contribution in [0.15, 0.2) is 35.8 Å². The van der Waals surface area contributed by atoms with Crippen molar-refractivity contribution in [3.05, 3.63) is 41.4 Å². The van der Waals surface area contributed by atoms with Crippen LogP contribution in [-0.4, -0.2) is 45.9 Å². The van der Waals surface area contributed by atoms with Gasteiger partial charge in [-0.05, 0) is 19.1 Å². The molecule has 0 unspecified atom stereocenters. The number of rotatable bonds is 3. The summed E-state index contributed by atoms with van der Waals surface area (Å²) in [4.78, 5) is 43.3. The molecule has 1 fully saturated rings. The van der Waals surface area contributed by atoms with Gasteiger partial charge in [0.15, 0.2) is 10.9 Å². The average molecular weight is 400 g/mol. The Balaban J connectivity index is 1.49. The van der Waals surface area contributed by atoms with Crippen LogP contribution in [0.4, 0.5) is 5.13 Å². The van der Waals surface area contributed by atoms with Gasteiger partial charge in [0.1, 0.15) is 11.8 Å². The van der Waals surface area contributed by atoms with E-state index in [1.807, 2.05) is 6.07 Å². The van der Waals surface area contributed by atoms with Crippen LogP contribution in [0.5, 0.6) is 5.75 Å². The van der Waals surface area contributed by atoms with E-state index in [1.165, 1.54) is 16.2 Å². The van der Waals surface area contributed by atoms with Crippen molar-refractivity contribution in [2.24, 2.45) is 0 Å². The predicted molar refractivity (Wildman–Crippen MR) is 103 cm³/mol. The lowest BCUT2D eigenvalue weighted by molar-refractivity contribution is -0.137. The molecule has 146 valence electrons. The first-order chi connectivity index (χ1) is 13.5. The molecular weight excluding hydrogens is 380 g/mol. The zero-order valence-electron chi connectivity index (χ0n) is 15.3. The molecule has 0 radical (unpaired) electrons. The summed E-state index contributed by atoms with van der Waals surface area (Å²) in [6.45, 7) is 1.99. The van der Waals surface area contributed by atoms with Crippen LogP contribution in [0.1, 0.15) is 36.5 Å². The number of benzene rings is 1. The van der Waals surface area contributed by atoms with Gasteiger partial charge in [-0.3, -0.25) is 14.4 Å². The van der Waals surface area contributed by atoms with Crippen molar-refractivity contribution >= 4 is 34.2 Å². The molecule has 1 saturated heterocycles. The monoisotopic (exact) mass is 400 g/mol. The molecule has 8 nitrogen and oxygen atoms in total. The summed E-state index contributed by atoms with van der Waals surface area (Å²) in [6.07, 6.45) is 2.53. The molecule has 0 saturated carbocycles. The van der Waals surface area contributed by atoms with E-state index in [0.29, 0.717) is 35.8 Å². The van der Waals surface area contributed by atoms with Gasteiger partial charge in [0, 0.05) is 37.4 Å². The Morgan fingerprint density at radius 2 is 2.18 bits per heavy atom. The van der Waals surface area contributed by atoms with Gasteiger partial charge in [-0.15, -0.1) is 11.3 Å². The SMILES string of the molecule is C[C@H](C(=O)Nc1nccs1)N1CC[C@@]2(CCC1=O)NC(=O)c1ccccc1O2. The maximum absolute atomic E-state index is 12.7. The van der Waals surface area contributed by atoms with Crippen LogP contribution in [0, 0.1) is 0 Å². The quantitative estimate of drug-likeness (QED) is 0.821. The lowest BCUT2D eigenvalue weighted by atomic mass is 10.0. The molecule has 0 aliphatic carbocycles. The molecule has 4 rings (SSSR count). The molecule has 2 aromatic rings. The van der Waals surface area contributed by atoms with Crippen LogP contribution in [-0.2, 0) is 9.59 Å². The first-order valence-corrected chi connectivity index (χ1v) is 9.96. The topological polar surface area (TPSA) is 101 Å². The molecule has 2 atom stereocenters. The number of para-hydroxylation sites is 1. The smallest absolute Gasteiger partial charge is 0.258 e. The number of nitrogens with one attached hydrogen (secondary N) is 2. The van der Waals surface area contributed by atoms with Gasteiger partial charge in [0.2, 0.25) is 11.8 Å². The number of anilines is 1. The highest BCUT2D eigenvalue weighted by Crippen LogP contribution is 2.34. The number of carbonyl (C=O) groups is 3. The highest BCUT2D eigenvalue weighted by atomic mass is 32.1. The number of hydrogen-bond acceptors (Lipinski definition) is 6. The van der Waals surface area contributed by atoms with Crippen LogP contribution in [0.25, 0.3) is 0 Å². The number of fused-ring (bicyclic) bond motifs is 1. The largest absolute Gasteiger partial charge is 0.467 e. The Bertz CT molecular complexity index is 916. The lowest BCUT2D eigenvalue weighted by Crippen LogP contribution is -2.56. The highest BCUT2D eigenvalue weighted by molar-refractivity contribution is 7.13. The summed E-state index contributed by atoms with van der Waals surface area (Å²) in [5.74, 6) is -0.132. The van der Waals surface area contributed by atoms with E-state index in [1.54, 1.807) is 36.7 Å². The minimum atomic E-state index is -0.943. The fraction of sp³-hybridized carbons (Fsp3) is 0.368. The van der Waals surface area contributed by atoms with Crippen molar-refractivity contribution in [3.63, 3.8) is 0 Å². The lowest BCUT2D eigenvalue weighted by Gasteiger charge is -2.38. The van der Waals surface area contributed by atoms with E-state index in [0.717, 1.165) is 0 Å². The second-order valence-electron chi connectivity index (χ2n) is 6.89. The standard InChI is InChI=1S/C19H20N4O4S/c1-12(16(25)21-18-20-9-11-28-18)23-10-8-19(7-6-15(23)24)22-17(26)13-4-2-3-5-14(13)27-19/h2-5,9,11-12H,6-8,10H2,1H3,(H,22,26)(H,20,21,25)/t12-,19+/m1/s1. The maximum Gasteiger partial charge on any atom is 0.258 e. The fourth-order valence-electron chi connectivity index (χ4n) is 3.53. The van der Waals surface area contributed by atoms with E-state index in [-0.39, 0.29) is 24.1 Å². The van der Waals surface area contributed by atoms with E-state index in [2.05, 4.69) is 15.6 Å². The second kappa shape index (κ2) is 7.23. The Morgan fingerprint density at radius 3 is 2.96 bits per heavy atom. The Morgan fingerprint density at radius 1 is 1.36 bits per heavy atom. The van der Waals surface area contributed by atoms with Gasteiger partial charge >= 0.3 is 0 Å². The summed E-state index contributed by atoms with van der Waals surface area (Å²) in [6, 6.07) is 6.39. The molecule has 1 spiro atoms. The van der Waals surface area contributed by atoms with Crippen LogP contribution < -0.4 is 15.4 Å². The molecular formula is C19H20N4O4S. The molecule has 0 bridgehead atoms. The van der Waals surface area contributed by atoms with E-state index < -0.39 is 11.8 Å². The van der Waals surface area contributed by atoms with Gasteiger partial charge < -0.3 is 20.3 Å². The summed E-state index contributed by atoms with van der Waals surface area (Å²) in [5, 5.41) is 7.91. The first-order valence-electron chi connectivity index (χ1n) is 9.08. The number of aromatic nitrogens is 1. The van der Waals surface area contributed by atoms with Crippen molar-refractivity contribution in [2.45, 2.75) is 38.0 Å². The van der Waals surface area contributed by atoms with Crippen LogP contribution >= 0.6 is 11.3 Å². The van der Waals surface area contributed by atoms with E-state index in [9.17, 15) is 14.4 Å². The second-order valence-corrected chi connectivity index (χ2v) is 7.78. The Kier molecular flexibility index (Phi) is 4.76. The average Bonchev–Trinajstić information content (AvgIpc) is 3.14. The van der Waals surface area contributed by atoms with Gasteiger partial charge in [0.25, 0.3) is 5.91 Å². The molecule has 1 aromatic heterocycles. The van der Waals surface area contributed by atoms with Crippen LogP contribution in [0.3, 0.4) is 0 Å². The predicted octanol–water partition coefficient (Wildman–Crippen LogP) is 2.00. The molecule has 9 heteroatoms. The van der Waals surface area contributed by atoms with Gasteiger partial charge in [-0.2, -0.15) is 0 Å². The zero-order chi connectivity index (χ0) is 19.7. The number of hydrogen-bond donors (Lipinski definition) is 2. The maximum atomic E-state index is 12.7. The van der Waals surface area contributed by atoms with Gasteiger partial charge in [-0.1, -0.05) is 12.1 Å². The number of thiazole rings is 1. The molecule has 2 aliphatic rings. The number of likely N-dealkylation sites (tertiary alicyclic amines) is 1. The molecule has 3 amide bonds. The molecule has 3 heterocycles. The van der Waals surface area contributed by atoms with E-state index >= 15 is 0 Å². The molecule has 28 heavy (non-hydrogen) atoms. The number of nitrogens with zero attached hydrogens (tertiary/aromatic N) is 2. The number of ether oxygens (including phenoxy) is 1. The van der Waals surface area contributed by atoms with Gasteiger partial charge in [-0.25, -0.2) is 4.98 Å².